The van der Waals surface area contributed by atoms with E-state index in [-0.39, 0.29) is 34.0 Å². The second-order valence-electron chi connectivity index (χ2n) is 12.5. The van der Waals surface area contributed by atoms with Gasteiger partial charge < -0.3 is 9.47 Å². The van der Waals surface area contributed by atoms with Crippen LogP contribution in [0.5, 0.6) is 0 Å². The van der Waals surface area contributed by atoms with Crippen LogP contribution in [0.1, 0.15) is 103 Å². The van der Waals surface area contributed by atoms with Crippen molar-refractivity contribution >= 4 is 0 Å². The summed E-state index contributed by atoms with van der Waals surface area (Å²) >= 11 is 0. The molecule has 0 unspecified atom stereocenters. The van der Waals surface area contributed by atoms with Crippen molar-refractivity contribution in [2.75, 3.05) is 13.2 Å². The van der Waals surface area contributed by atoms with Gasteiger partial charge in [-0.15, -0.1) is 0 Å². The monoisotopic (exact) mass is 634 g/mol. The van der Waals surface area contributed by atoms with Crippen molar-refractivity contribution in [1.82, 2.24) is 0 Å². The number of halogens is 3. The van der Waals surface area contributed by atoms with Crippen molar-refractivity contribution in [2.24, 2.45) is 17.8 Å². The molecule has 1 saturated heterocycles. The highest BCUT2D eigenvalue weighted by molar-refractivity contribution is 5.24. The highest BCUT2D eigenvalue weighted by Crippen LogP contribution is 2.27. The van der Waals surface area contributed by atoms with Gasteiger partial charge >= 0.3 is 0 Å². The summed E-state index contributed by atoms with van der Waals surface area (Å²) < 4.78 is 48.1. The fourth-order valence-electron chi connectivity index (χ4n) is 4.23. The highest BCUT2D eigenvalue weighted by atomic mass is 19.1. The molecule has 3 aromatic rings. The Hall–Kier alpha value is -2.63. The van der Waals surface area contributed by atoms with Crippen molar-refractivity contribution in [3.05, 3.63) is 105 Å². The lowest BCUT2D eigenvalue weighted by Gasteiger charge is -2.24. The van der Waals surface area contributed by atoms with Gasteiger partial charge in [-0.3, -0.25) is 0 Å². The maximum atomic E-state index is 12.6. The van der Waals surface area contributed by atoms with Crippen molar-refractivity contribution < 1.29 is 24.1 Å². The van der Waals surface area contributed by atoms with Crippen LogP contribution in [-0.2, 0) is 9.47 Å². The van der Waals surface area contributed by atoms with E-state index in [4.69, 9.17) is 9.47 Å². The van der Waals surface area contributed by atoms with E-state index in [1.807, 2.05) is 19.9 Å². The van der Waals surface area contributed by atoms with E-state index in [1.54, 1.807) is 19.9 Å². The predicted octanol–water partition coefficient (Wildman–Crippen LogP) is 12.7. The van der Waals surface area contributed by atoms with Gasteiger partial charge in [0.2, 0.25) is 0 Å². The minimum Gasteiger partial charge on any atom is -0.353 e. The van der Waals surface area contributed by atoms with Gasteiger partial charge in [0.15, 0.2) is 6.29 Å². The summed E-state index contributed by atoms with van der Waals surface area (Å²) in [4.78, 5) is 0. The molecule has 0 spiro atoms. The number of benzene rings is 3. The summed E-state index contributed by atoms with van der Waals surface area (Å²) in [6, 6.07) is 16.3. The second-order valence-corrected chi connectivity index (χ2v) is 12.5. The van der Waals surface area contributed by atoms with E-state index in [0.717, 1.165) is 30.6 Å². The molecule has 1 saturated carbocycles. The maximum Gasteiger partial charge on any atom is 0.154 e. The fourth-order valence-corrected chi connectivity index (χ4v) is 4.23. The Bertz CT molecular complexity index is 1100. The molecule has 45 heavy (non-hydrogen) atoms. The van der Waals surface area contributed by atoms with Crippen LogP contribution in [0.2, 0.25) is 0 Å². The van der Waals surface area contributed by atoms with Crippen LogP contribution in [0, 0.1) is 76.7 Å². The Labute approximate surface area is 276 Å². The van der Waals surface area contributed by atoms with Crippen molar-refractivity contribution in [1.29, 1.82) is 0 Å². The Balaban J connectivity index is -0.000000496. The average molecular weight is 635 g/mol. The molecule has 0 radical (unpaired) electrons. The van der Waals surface area contributed by atoms with Gasteiger partial charge in [-0.25, -0.2) is 13.2 Å². The largest absolute Gasteiger partial charge is 0.353 e. The Morgan fingerprint density at radius 3 is 1.20 bits per heavy atom. The lowest BCUT2D eigenvalue weighted by Crippen LogP contribution is -2.27. The molecule has 1 aliphatic heterocycles. The van der Waals surface area contributed by atoms with Crippen LogP contribution in [0.3, 0.4) is 0 Å². The van der Waals surface area contributed by atoms with E-state index >= 15 is 0 Å². The van der Waals surface area contributed by atoms with Crippen molar-refractivity contribution in [3.63, 3.8) is 0 Å². The molecule has 2 fully saturated rings. The Kier molecular flexibility index (Phi) is 23.4. The molecule has 258 valence electrons. The van der Waals surface area contributed by atoms with Gasteiger partial charge in [-0.05, 0) is 95.2 Å². The molecule has 1 heterocycles. The molecule has 2 nitrogen and oxygen atoms in total. The smallest absolute Gasteiger partial charge is 0.154 e. The summed E-state index contributed by atoms with van der Waals surface area (Å²) in [6.07, 6.45) is 5.91. The molecule has 0 N–H and O–H groups in total. The third-order valence-corrected chi connectivity index (χ3v) is 7.51. The average Bonchev–Trinajstić information content (AvgIpc) is 2.96. The number of ether oxygens (including phenoxy) is 2. The fraction of sp³-hybridized carbons (Fsp3) is 0.550. The van der Waals surface area contributed by atoms with Crippen LogP contribution in [0.4, 0.5) is 13.2 Å². The van der Waals surface area contributed by atoms with E-state index < -0.39 is 11.6 Å². The zero-order valence-electron chi connectivity index (χ0n) is 28.2. The summed E-state index contributed by atoms with van der Waals surface area (Å²) in [6.45, 7) is 21.4. The molecule has 5 rings (SSSR count). The lowest BCUT2D eigenvalue weighted by molar-refractivity contribution is -0.187. The number of hydrogen-bond acceptors (Lipinski definition) is 2. The number of aryl methyl sites for hydroxylation is 5. The third-order valence-electron chi connectivity index (χ3n) is 7.51. The molecule has 0 amide bonds. The van der Waals surface area contributed by atoms with E-state index in [9.17, 15) is 13.2 Å². The summed E-state index contributed by atoms with van der Waals surface area (Å²) in [5.41, 5.74) is 5.04. The predicted molar refractivity (Wildman–Crippen MR) is 191 cm³/mol. The van der Waals surface area contributed by atoms with Crippen LogP contribution >= 0.6 is 0 Å². The van der Waals surface area contributed by atoms with Crippen molar-refractivity contribution in [2.45, 2.75) is 116 Å². The van der Waals surface area contributed by atoms with E-state index in [2.05, 4.69) is 58.9 Å². The van der Waals surface area contributed by atoms with Crippen LogP contribution in [0.15, 0.2) is 54.6 Å². The van der Waals surface area contributed by atoms with Gasteiger partial charge in [-0.1, -0.05) is 109 Å². The number of hydrogen-bond donors (Lipinski definition) is 0. The quantitative estimate of drug-likeness (QED) is 0.245. The Morgan fingerprint density at radius 1 is 0.511 bits per heavy atom. The van der Waals surface area contributed by atoms with E-state index in [0.29, 0.717) is 17.0 Å². The first-order valence-corrected chi connectivity index (χ1v) is 15.6. The topological polar surface area (TPSA) is 18.5 Å². The van der Waals surface area contributed by atoms with Gasteiger partial charge in [0.05, 0.1) is 13.2 Å². The van der Waals surface area contributed by atoms with Gasteiger partial charge in [0.1, 0.15) is 17.5 Å². The van der Waals surface area contributed by atoms with E-state index in [1.165, 1.54) is 61.9 Å². The summed E-state index contributed by atoms with van der Waals surface area (Å²) in [5, 5.41) is 0. The normalized spacial score (nSPS) is 19.9. The first-order valence-electron chi connectivity index (χ1n) is 15.6. The molecule has 5 heteroatoms. The molecule has 1 aliphatic carbocycles. The maximum absolute atomic E-state index is 12.6. The molecule has 0 aromatic heterocycles. The molecular weight excluding hydrogens is 569 g/mol. The van der Waals surface area contributed by atoms with Crippen LogP contribution in [0.25, 0.3) is 0 Å². The molecule has 2 aliphatic rings. The SMILES string of the molecule is C.C.CC1CCC(C)CC1.CC1COC(C)OC1.Cc1cc(F)c(C)c(F)c1.Cc1ccc(C)c(F)c1.Cc1ccc(C)cc1.[HH]. The van der Waals surface area contributed by atoms with Crippen LogP contribution in [-0.4, -0.2) is 19.5 Å². The van der Waals surface area contributed by atoms with Crippen molar-refractivity contribution in [3.8, 4) is 0 Å². The summed E-state index contributed by atoms with van der Waals surface area (Å²) in [7, 11) is 0. The first kappa shape index (κ1) is 44.5. The Morgan fingerprint density at radius 2 is 0.867 bits per heavy atom. The number of rotatable bonds is 0. The second kappa shape index (κ2) is 23.7. The molecule has 3 aromatic carbocycles. The van der Waals surface area contributed by atoms with Gasteiger partial charge in [-0.2, -0.15) is 0 Å². The minimum absolute atomic E-state index is 0. The summed E-state index contributed by atoms with van der Waals surface area (Å²) in [5.74, 6) is 1.55. The zero-order chi connectivity index (χ0) is 32.5. The first-order chi connectivity index (χ1) is 20.2. The van der Waals surface area contributed by atoms with Crippen LogP contribution < -0.4 is 0 Å². The standard InChI is InChI=1S/C8H8F2.C8H9F.C8H16.C8H10.C6H12O2.2CH4.H2/c1-5-3-7(9)6(2)8(10)4-5;1-6-3-4-7(2)8(9)5-6;2*1-7-3-5-8(2)6-4-7;1-5-3-7-6(2)8-4-5;;;/h3-4H,1-2H3;3-5H,1-2H3;7-8H,3-6H2,1-2H3;3-6H,1-2H3;5-6H,3-4H2,1-2H3;2*1H4;1H. The molecule has 0 bridgehead atoms. The molecular formula is C40H65F3O2. The highest BCUT2D eigenvalue weighted by Gasteiger charge is 2.14. The zero-order valence-corrected chi connectivity index (χ0v) is 28.2. The lowest BCUT2D eigenvalue weighted by atomic mass is 9.84. The third kappa shape index (κ3) is 20.2. The minimum atomic E-state index is -0.475. The van der Waals surface area contributed by atoms with Gasteiger partial charge in [0.25, 0.3) is 0 Å². The van der Waals surface area contributed by atoms with Gasteiger partial charge in [0, 0.05) is 12.9 Å². The molecule has 0 atom stereocenters.